The van der Waals surface area contributed by atoms with E-state index in [1.165, 1.54) is 12.1 Å². The molecule has 0 bridgehead atoms. The van der Waals surface area contributed by atoms with Crippen LogP contribution in [0, 0.1) is 0 Å². The number of fused-ring (bicyclic) bond motifs is 1. The lowest BCUT2D eigenvalue weighted by atomic mass is 10.1. The molecule has 40 heavy (non-hydrogen) atoms. The minimum Gasteiger partial charge on any atom is -0.379 e. The van der Waals surface area contributed by atoms with Crippen molar-refractivity contribution < 1.29 is 22.7 Å². The molecule has 1 fully saturated rings. The Labute approximate surface area is 233 Å². The van der Waals surface area contributed by atoms with Crippen molar-refractivity contribution >= 4 is 47.2 Å². The minimum atomic E-state index is -4.52. The second-order valence-electron chi connectivity index (χ2n) is 9.03. The molecule has 1 aliphatic rings. The van der Waals surface area contributed by atoms with Crippen molar-refractivity contribution in [1.82, 2.24) is 24.8 Å². The van der Waals surface area contributed by atoms with Gasteiger partial charge in [-0.3, -0.25) is 5.01 Å². The van der Waals surface area contributed by atoms with Crippen LogP contribution in [0.2, 0.25) is 0 Å². The second-order valence-corrected chi connectivity index (χ2v) is 9.43. The number of urea groups is 1. The topological polar surface area (TPSA) is 91.7 Å². The largest absolute Gasteiger partial charge is 0.416 e. The Kier molecular flexibility index (Phi) is 7.83. The van der Waals surface area contributed by atoms with Crippen molar-refractivity contribution in [2.24, 2.45) is 7.05 Å². The summed E-state index contributed by atoms with van der Waals surface area (Å²) in [6, 6.07) is 10.6. The first-order chi connectivity index (χ1) is 19.2. The third-order valence-electron chi connectivity index (χ3n) is 6.45. The number of hydrogen-bond acceptors (Lipinski definition) is 8. The number of aryl methyl sites for hydroxylation is 1. The molecular weight excluding hydrogens is 545 g/mol. The highest BCUT2D eigenvalue weighted by molar-refractivity contribution is 7.82. The Hall–Kier alpha value is -3.88. The molecule has 4 aromatic rings. The molecule has 1 aliphatic heterocycles. The fourth-order valence-corrected chi connectivity index (χ4v) is 4.64. The molecule has 1 saturated heterocycles. The van der Waals surface area contributed by atoms with Crippen LogP contribution in [0.3, 0.4) is 0 Å². The third-order valence-corrected chi connectivity index (χ3v) is 6.86. The van der Waals surface area contributed by atoms with Crippen LogP contribution in [0.1, 0.15) is 12.5 Å². The van der Waals surface area contributed by atoms with Crippen molar-refractivity contribution in [3.05, 3.63) is 60.3 Å². The maximum Gasteiger partial charge on any atom is 0.416 e. The molecule has 2 aromatic heterocycles. The number of thiol groups is 1. The molecule has 0 aliphatic carbocycles. The Morgan fingerprint density at radius 1 is 1.15 bits per heavy atom. The van der Waals surface area contributed by atoms with Gasteiger partial charge >= 0.3 is 12.2 Å². The van der Waals surface area contributed by atoms with Crippen molar-refractivity contribution in [2.75, 3.05) is 47.5 Å². The van der Waals surface area contributed by atoms with Gasteiger partial charge in [0.1, 0.15) is 5.69 Å². The molecule has 0 unspecified atom stereocenters. The van der Waals surface area contributed by atoms with Gasteiger partial charge in [0.2, 0.25) is 5.95 Å². The molecule has 5 rings (SSSR count). The molecular formula is C26H27F3N8O2S. The number of carbonyl (C=O) groups excluding carboxylic acids is 1. The first-order valence-electron chi connectivity index (χ1n) is 12.5. The van der Waals surface area contributed by atoms with Gasteiger partial charge in [-0.2, -0.15) is 23.3 Å². The number of hydrogen-bond donors (Lipinski definition) is 2. The Bertz CT molecular complexity index is 1510. The summed E-state index contributed by atoms with van der Waals surface area (Å²) in [6.45, 7) is 5.59. The number of aromatic nitrogens is 4. The maximum absolute atomic E-state index is 13.0. The number of benzene rings is 2. The number of nitrogens with zero attached hydrogens (tertiary/aromatic N) is 7. The van der Waals surface area contributed by atoms with E-state index >= 15 is 0 Å². The molecule has 0 atom stereocenters. The smallest absolute Gasteiger partial charge is 0.379 e. The number of anilines is 3. The zero-order valence-corrected chi connectivity index (χ0v) is 22.7. The maximum atomic E-state index is 13.0. The van der Waals surface area contributed by atoms with Gasteiger partial charge in [0, 0.05) is 44.1 Å². The monoisotopic (exact) mass is 572 g/mol. The molecule has 2 aromatic carbocycles. The molecule has 1 N–H and O–H groups in total. The number of amides is 2. The van der Waals surface area contributed by atoms with Gasteiger partial charge in [0.05, 0.1) is 29.9 Å². The van der Waals surface area contributed by atoms with E-state index < -0.39 is 17.8 Å². The van der Waals surface area contributed by atoms with Gasteiger partial charge < -0.3 is 10.1 Å². The molecule has 210 valence electrons. The van der Waals surface area contributed by atoms with E-state index in [0.717, 1.165) is 40.5 Å². The minimum absolute atomic E-state index is 0.00470. The lowest BCUT2D eigenvalue weighted by molar-refractivity contribution is -0.137. The van der Waals surface area contributed by atoms with Gasteiger partial charge in [-0.15, -0.1) is 0 Å². The Morgan fingerprint density at radius 3 is 2.55 bits per heavy atom. The Balaban J connectivity index is 1.34. The average Bonchev–Trinajstić information content (AvgIpc) is 3.29. The van der Waals surface area contributed by atoms with Crippen LogP contribution in [0.4, 0.5) is 35.3 Å². The summed E-state index contributed by atoms with van der Waals surface area (Å²) < 4.78 is 47.2. The van der Waals surface area contributed by atoms with Crippen LogP contribution in [0.15, 0.2) is 54.7 Å². The molecule has 0 saturated carbocycles. The predicted molar refractivity (Wildman–Crippen MR) is 149 cm³/mol. The highest BCUT2D eigenvalue weighted by Gasteiger charge is 2.30. The summed E-state index contributed by atoms with van der Waals surface area (Å²) in [5, 5.41) is 12.1. The van der Waals surface area contributed by atoms with Crippen LogP contribution in [0.5, 0.6) is 0 Å². The highest BCUT2D eigenvalue weighted by Crippen LogP contribution is 2.32. The number of ether oxygens (including phenoxy) is 1. The van der Waals surface area contributed by atoms with E-state index in [-0.39, 0.29) is 5.69 Å². The molecule has 3 heterocycles. The number of hydrazine groups is 1. The van der Waals surface area contributed by atoms with Crippen LogP contribution < -0.4 is 14.6 Å². The van der Waals surface area contributed by atoms with Crippen molar-refractivity contribution in [3.8, 4) is 11.3 Å². The zero-order valence-electron chi connectivity index (χ0n) is 21.8. The number of rotatable bonds is 6. The number of alkyl halides is 3. The fourth-order valence-electron chi connectivity index (χ4n) is 4.46. The molecule has 14 heteroatoms. The van der Waals surface area contributed by atoms with Gasteiger partial charge in [0.25, 0.3) is 0 Å². The van der Waals surface area contributed by atoms with Crippen LogP contribution in [0.25, 0.3) is 22.3 Å². The first kappa shape index (κ1) is 27.7. The highest BCUT2D eigenvalue weighted by atomic mass is 32.1. The molecule has 0 radical (unpaired) electrons. The van der Waals surface area contributed by atoms with Crippen LogP contribution in [-0.2, 0) is 18.0 Å². The van der Waals surface area contributed by atoms with E-state index in [2.05, 4.69) is 33.2 Å². The number of nitrogens with one attached hydrogen (secondary N) is 1. The van der Waals surface area contributed by atoms with Crippen molar-refractivity contribution in [2.45, 2.75) is 13.1 Å². The van der Waals surface area contributed by atoms with Gasteiger partial charge in [-0.1, -0.05) is 31.0 Å². The van der Waals surface area contributed by atoms with Gasteiger partial charge in [-0.25, -0.2) is 23.8 Å². The van der Waals surface area contributed by atoms with Crippen LogP contribution >= 0.6 is 12.8 Å². The van der Waals surface area contributed by atoms with E-state index in [4.69, 9.17) is 9.72 Å². The van der Waals surface area contributed by atoms with E-state index in [0.29, 0.717) is 42.7 Å². The van der Waals surface area contributed by atoms with Gasteiger partial charge in [-0.05, 0) is 37.3 Å². The summed E-state index contributed by atoms with van der Waals surface area (Å²) in [4.78, 5) is 22.0. The molecule has 10 nitrogen and oxygen atoms in total. The number of halogens is 3. The SMILES string of the molecule is CCN(c1ncc2c(-c3ccc(N(S)C(=O)Nc4cccc(C(F)(F)F)c4)cc3)nn(C)c2n1)N1CCOCC1. The van der Waals surface area contributed by atoms with E-state index in [1.54, 1.807) is 35.1 Å². The van der Waals surface area contributed by atoms with E-state index in [9.17, 15) is 18.0 Å². The third kappa shape index (κ3) is 5.69. The first-order valence-corrected chi connectivity index (χ1v) is 12.9. The van der Waals surface area contributed by atoms with Crippen molar-refractivity contribution in [1.29, 1.82) is 0 Å². The predicted octanol–water partition coefficient (Wildman–Crippen LogP) is 5.01. The lowest BCUT2D eigenvalue weighted by Crippen LogP contribution is -2.49. The summed E-state index contributed by atoms with van der Waals surface area (Å²) in [5.41, 5.74) is 1.68. The summed E-state index contributed by atoms with van der Waals surface area (Å²) >= 11 is 4.24. The second kappa shape index (κ2) is 11.3. The van der Waals surface area contributed by atoms with Crippen LogP contribution in [-0.4, -0.2) is 63.6 Å². The van der Waals surface area contributed by atoms with Crippen molar-refractivity contribution in [3.63, 3.8) is 0 Å². The van der Waals surface area contributed by atoms with Gasteiger partial charge in [0.15, 0.2) is 5.65 Å². The summed E-state index contributed by atoms with van der Waals surface area (Å²) in [7, 11) is 1.82. The summed E-state index contributed by atoms with van der Waals surface area (Å²) in [5.74, 6) is 0.583. The lowest BCUT2D eigenvalue weighted by Gasteiger charge is -2.36. The quantitative estimate of drug-likeness (QED) is 0.314. The molecule has 2 amide bonds. The fraction of sp³-hybridized carbons (Fsp3) is 0.308. The standard InChI is InChI=1S/C26H27F3N8O2S/c1-3-36(35-11-13-39-14-12-35)24-30-16-21-22(33-34(2)23(21)32-24)17-7-9-20(10-8-17)37(40)25(38)31-19-6-4-5-18(15-19)26(27,28)29/h4-10,15-16,40H,3,11-14H2,1-2H3,(H,31,38). The summed E-state index contributed by atoms with van der Waals surface area (Å²) in [6.07, 6.45) is -2.76. The number of carbonyl (C=O) groups is 1. The average molecular weight is 573 g/mol. The normalized spacial score (nSPS) is 14.3. The molecule has 0 spiro atoms. The van der Waals surface area contributed by atoms with E-state index in [1.807, 2.05) is 19.0 Å². The number of morpholine rings is 1. The zero-order chi connectivity index (χ0) is 28.4. The Morgan fingerprint density at radius 2 is 1.88 bits per heavy atom.